The molecule has 1 aromatic heterocycles. The van der Waals surface area contributed by atoms with E-state index in [1.54, 1.807) is 6.07 Å². The molecular weight excluding hydrogens is 268 g/mol. The Labute approximate surface area is 117 Å². The number of nitrogens with zero attached hydrogens (tertiary/aromatic N) is 2. The molecule has 1 aromatic rings. The fourth-order valence-electron chi connectivity index (χ4n) is 2.01. The molecule has 2 heterocycles. The van der Waals surface area contributed by atoms with Gasteiger partial charge in [0.25, 0.3) is 5.91 Å². The Morgan fingerprint density at radius 3 is 2.83 bits per heavy atom. The van der Waals surface area contributed by atoms with Crippen LogP contribution in [0.3, 0.4) is 0 Å². The van der Waals surface area contributed by atoms with E-state index in [0.717, 1.165) is 43.1 Å². The van der Waals surface area contributed by atoms with Crippen LogP contribution in [0.1, 0.15) is 29.4 Å². The molecule has 0 aliphatic carbocycles. The van der Waals surface area contributed by atoms with Crippen LogP contribution < -0.4 is 0 Å². The summed E-state index contributed by atoms with van der Waals surface area (Å²) in [5.41, 5.74) is 1.57. The average Bonchev–Trinajstić information content (AvgIpc) is 2.38. The van der Waals surface area contributed by atoms with E-state index in [1.165, 1.54) is 0 Å². The second-order valence-electron chi connectivity index (χ2n) is 4.32. The summed E-state index contributed by atoms with van der Waals surface area (Å²) in [6.07, 6.45) is 1.86. The number of thioether (sulfide) groups is 1. The fourth-order valence-corrected chi connectivity index (χ4v) is 3.14. The number of aryl methyl sites for hydroxylation is 1. The smallest absolute Gasteiger partial charge is 0.254 e. The van der Waals surface area contributed by atoms with Gasteiger partial charge in [0.15, 0.2) is 0 Å². The molecule has 5 heteroatoms. The Balaban J connectivity index is 2.18. The van der Waals surface area contributed by atoms with Gasteiger partial charge in [0, 0.05) is 35.9 Å². The molecule has 0 atom stereocenters. The largest absolute Gasteiger partial charge is 0.337 e. The maximum absolute atomic E-state index is 12.3. The predicted octanol–water partition coefficient (Wildman–Crippen LogP) is 2.88. The van der Waals surface area contributed by atoms with Gasteiger partial charge in [-0.2, -0.15) is 11.8 Å². The quantitative estimate of drug-likeness (QED) is 0.800. The van der Waals surface area contributed by atoms with Gasteiger partial charge in [-0.05, 0) is 18.6 Å². The van der Waals surface area contributed by atoms with Crippen LogP contribution in [0.4, 0.5) is 0 Å². The molecule has 0 radical (unpaired) electrons. The van der Waals surface area contributed by atoms with E-state index >= 15 is 0 Å². The van der Waals surface area contributed by atoms with Gasteiger partial charge in [0.05, 0.1) is 0 Å². The number of carbonyl (C=O) groups excluding carboxylic acids is 1. The predicted molar refractivity (Wildman–Crippen MR) is 76.5 cm³/mol. The Kier molecular flexibility index (Phi) is 4.89. The van der Waals surface area contributed by atoms with E-state index in [0.29, 0.717) is 10.7 Å². The lowest BCUT2D eigenvalue weighted by Crippen LogP contribution is -2.37. The van der Waals surface area contributed by atoms with Crippen molar-refractivity contribution in [2.45, 2.75) is 19.8 Å². The summed E-state index contributed by atoms with van der Waals surface area (Å²) in [6, 6.07) is 3.55. The van der Waals surface area contributed by atoms with Crippen molar-refractivity contribution in [2.24, 2.45) is 0 Å². The summed E-state index contributed by atoms with van der Waals surface area (Å²) in [6.45, 7) is 3.74. The molecule has 0 unspecified atom stereocenters. The molecular formula is C13H17ClN2OS. The van der Waals surface area contributed by atoms with Crippen molar-refractivity contribution < 1.29 is 4.79 Å². The number of halogens is 1. The Morgan fingerprint density at radius 2 is 2.17 bits per heavy atom. The van der Waals surface area contributed by atoms with E-state index < -0.39 is 0 Å². The molecule has 0 bridgehead atoms. The van der Waals surface area contributed by atoms with Gasteiger partial charge in [-0.1, -0.05) is 24.9 Å². The first-order valence-corrected chi connectivity index (χ1v) is 7.77. The highest BCUT2D eigenvalue weighted by Crippen LogP contribution is 2.17. The van der Waals surface area contributed by atoms with Crippen LogP contribution >= 0.6 is 23.4 Å². The van der Waals surface area contributed by atoms with Gasteiger partial charge in [-0.25, -0.2) is 4.98 Å². The molecule has 1 fully saturated rings. The van der Waals surface area contributed by atoms with Crippen LogP contribution in [0.25, 0.3) is 0 Å². The molecule has 0 spiro atoms. The van der Waals surface area contributed by atoms with Crippen molar-refractivity contribution in [1.82, 2.24) is 9.88 Å². The van der Waals surface area contributed by atoms with E-state index in [-0.39, 0.29) is 5.91 Å². The van der Waals surface area contributed by atoms with Crippen molar-refractivity contribution in [1.29, 1.82) is 0 Å². The molecule has 1 aliphatic heterocycles. The zero-order valence-corrected chi connectivity index (χ0v) is 12.1. The molecule has 0 saturated carbocycles. The second kappa shape index (κ2) is 6.43. The molecule has 98 valence electrons. The topological polar surface area (TPSA) is 33.2 Å². The zero-order valence-electron chi connectivity index (χ0n) is 10.5. The number of aromatic nitrogens is 1. The average molecular weight is 285 g/mol. The molecule has 18 heavy (non-hydrogen) atoms. The number of pyridine rings is 1. The summed E-state index contributed by atoms with van der Waals surface area (Å²) in [5.74, 6) is 2.12. The first-order valence-electron chi connectivity index (χ1n) is 6.24. The van der Waals surface area contributed by atoms with Crippen LogP contribution in [0.15, 0.2) is 12.1 Å². The third kappa shape index (κ3) is 3.39. The van der Waals surface area contributed by atoms with Crippen molar-refractivity contribution in [2.75, 3.05) is 24.6 Å². The molecule has 1 saturated heterocycles. The summed E-state index contributed by atoms with van der Waals surface area (Å²) < 4.78 is 0. The summed E-state index contributed by atoms with van der Waals surface area (Å²) in [4.78, 5) is 18.5. The van der Waals surface area contributed by atoms with Gasteiger partial charge in [-0.15, -0.1) is 0 Å². The highest BCUT2D eigenvalue weighted by Gasteiger charge is 2.19. The van der Waals surface area contributed by atoms with E-state index in [9.17, 15) is 4.79 Å². The summed E-state index contributed by atoms with van der Waals surface area (Å²) >= 11 is 7.88. The first-order chi connectivity index (χ1) is 8.70. The minimum Gasteiger partial charge on any atom is -0.337 e. The maximum Gasteiger partial charge on any atom is 0.254 e. The highest BCUT2D eigenvalue weighted by atomic mass is 35.5. The van der Waals surface area contributed by atoms with Crippen molar-refractivity contribution in [3.8, 4) is 0 Å². The third-order valence-corrected chi connectivity index (χ3v) is 4.03. The van der Waals surface area contributed by atoms with Gasteiger partial charge in [0.1, 0.15) is 5.15 Å². The minimum atomic E-state index is 0.0805. The maximum atomic E-state index is 12.3. The minimum absolute atomic E-state index is 0.0805. The lowest BCUT2D eigenvalue weighted by molar-refractivity contribution is 0.0772. The molecule has 0 N–H and O–H groups in total. The standard InChI is InChI=1S/C13H17ClN2OS/c1-2-3-11-8-10(9-12(14)15-11)13(17)16-4-6-18-7-5-16/h8-9H,2-7H2,1H3. The molecule has 1 aliphatic rings. The summed E-state index contributed by atoms with van der Waals surface area (Å²) in [7, 11) is 0. The van der Waals surface area contributed by atoms with Gasteiger partial charge >= 0.3 is 0 Å². The van der Waals surface area contributed by atoms with Gasteiger partial charge in [-0.3, -0.25) is 4.79 Å². The molecule has 3 nitrogen and oxygen atoms in total. The van der Waals surface area contributed by atoms with Crippen molar-refractivity contribution >= 4 is 29.3 Å². The van der Waals surface area contributed by atoms with Crippen molar-refractivity contribution in [3.05, 3.63) is 28.5 Å². The number of amides is 1. The Morgan fingerprint density at radius 1 is 1.44 bits per heavy atom. The van der Waals surface area contributed by atoms with Crippen LogP contribution in [-0.4, -0.2) is 40.4 Å². The van der Waals surface area contributed by atoms with Crippen LogP contribution in [0.2, 0.25) is 5.15 Å². The van der Waals surface area contributed by atoms with Gasteiger partial charge < -0.3 is 4.90 Å². The lowest BCUT2D eigenvalue weighted by atomic mass is 10.1. The molecule has 1 amide bonds. The molecule has 2 rings (SSSR count). The van der Waals surface area contributed by atoms with Crippen LogP contribution in [-0.2, 0) is 6.42 Å². The third-order valence-electron chi connectivity index (χ3n) is 2.90. The number of hydrogen-bond acceptors (Lipinski definition) is 3. The number of rotatable bonds is 3. The number of hydrogen-bond donors (Lipinski definition) is 0. The van der Waals surface area contributed by atoms with E-state index in [2.05, 4.69) is 11.9 Å². The fraction of sp³-hybridized carbons (Fsp3) is 0.538. The van der Waals surface area contributed by atoms with E-state index in [4.69, 9.17) is 11.6 Å². The second-order valence-corrected chi connectivity index (χ2v) is 5.94. The Bertz CT molecular complexity index is 433. The van der Waals surface area contributed by atoms with Crippen LogP contribution in [0.5, 0.6) is 0 Å². The Hall–Kier alpha value is -0.740. The lowest BCUT2D eigenvalue weighted by Gasteiger charge is -2.26. The zero-order chi connectivity index (χ0) is 13.0. The van der Waals surface area contributed by atoms with Gasteiger partial charge in [0.2, 0.25) is 0 Å². The SMILES string of the molecule is CCCc1cc(C(=O)N2CCSCC2)cc(Cl)n1. The number of carbonyl (C=O) groups is 1. The van der Waals surface area contributed by atoms with Crippen LogP contribution in [0, 0.1) is 0 Å². The molecule has 0 aromatic carbocycles. The summed E-state index contributed by atoms with van der Waals surface area (Å²) in [5, 5.41) is 0.413. The normalized spacial score (nSPS) is 15.8. The van der Waals surface area contributed by atoms with Crippen molar-refractivity contribution in [3.63, 3.8) is 0 Å². The van der Waals surface area contributed by atoms with E-state index in [1.807, 2.05) is 22.7 Å². The highest BCUT2D eigenvalue weighted by molar-refractivity contribution is 7.99. The monoisotopic (exact) mass is 284 g/mol. The first kappa shape index (κ1) is 13.7.